The molecule has 0 saturated carbocycles. The molecule has 0 aliphatic carbocycles. The van der Waals surface area contributed by atoms with E-state index < -0.39 is 0 Å². The maximum atomic E-state index is 5.97. The predicted molar refractivity (Wildman–Crippen MR) is 71.2 cm³/mol. The number of rotatable bonds is 0. The molecule has 1 aromatic carbocycles. The molecule has 4 aromatic rings. The van der Waals surface area contributed by atoms with E-state index >= 15 is 0 Å². The minimum absolute atomic E-state index is 0.432. The quantitative estimate of drug-likeness (QED) is 0.475. The van der Waals surface area contributed by atoms with Crippen molar-refractivity contribution in [3.8, 4) is 0 Å². The lowest BCUT2D eigenvalue weighted by Crippen LogP contribution is -1.95. The van der Waals surface area contributed by atoms with Crippen LogP contribution in [-0.4, -0.2) is 9.97 Å². The summed E-state index contributed by atoms with van der Waals surface area (Å²) in [6.45, 7) is 0. The number of anilines is 1. The van der Waals surface area contributed by atoms with E-state index in [1.807, 2.05) is 36.4 Å². The molecule has 3 aromatic heterocycles. The fourth-order valence-corrected chi connectivity index (χ4v) is 2.28. The van der Waals surface area contributed by atoms with Gasteiger partial charge in [-0.05, 0) is 18.2 Å². The van der Waals surface area contributed by atoms with Crippen LogP contribution in [0.1, 0.15) is 0 Å². The largest absolute Gasteiger partial charge is 0.446 e. The second kappa shape index (κ2) is 3.20. The lowest BCUT2D eigenvalue weighted by Gasteiger charge is -2.05. The molecule has 4 heteroatoms. The highest BCUT2D eigenvalue weighted by molar-refractivity contribution is 6.10. The smallest absolute Gasteiger partial charge is 0.226 e. The van der Waals surface area contributed by atoms with Gasteiger partial charge in [0.25, 0.3) is 0 Å². The summed E-state index contributed by atoms with van der Waals surface area (Å²) in [6, 6.07) is 11.8. The summed E-state index contributed by atoms with van der Waals surface area (Å²) in [5.41, 5.74) is 8.13. The molecule has 4 nitrogen and oxygen atoms in total. The zero-order valence-corrected chi connectivity index (χ0v) is 9.42. The SMILES string of the molecule is Nc1nc2ccccc2c2cc3ccoc3nc12. The van der Waals surface area contributed by atoms with Crippen molar-refractivity contribution >= 4 is 38.7 Å². The van der Waals surface area contributed by atoms with Crippen molar-refractivity contribution in [2.45, 2.75) is 0 Å². The summed E-state index contributed by atoms with van der Waals surface area (Å²) < 4.78 is 5.30. The fraction of sp³-hybridized carbons (Fsp3) is 0. The minimum atomic E-state index is 0.432. The Morgan fingerprint density at radius 1 is 1.00 bits per heavy atom. The first-order valence-corrected chi connectivity index (χ1v) is 5.65. The van der Waals surface area contributed by atoms with Crippen LogP contribution in [-0.2, 0) is 0 Å². The van der Waals surface area contributed by atoms with Crippen LogP contribution < -0.4 is 5.73 Å². The van der Waals surface area contributed by atoms with E-state index in [0.29, 0.717) is 17.0 Å². The van der Waals surface area contributed by atoms with Crippen molar-refractivity contribution in [2.75, 3.05) is 5.73 Å². The highest BCUT2D eigenvalue weighted by Crippen LogP contribution is 2.29. The van der Waals surface area contributed by atoms with Gasteiger partial charge >= 0.3 is 0 Å². The van der Waals surface area contributed by atoms with Crippen LogP contribution in [0.4, 0.5) is 5.82 Å². The zero-order chi connectivity index (χ0) is 12.1. The lowest BCUT2D eigenvalue weighted by molar-refractivity contribution is 0.604. The number of hydrogen-bond donors (Lipinski definition) is 1. The van der Waals surface area contributed by atoms with Gasteiger partial charge in [-0.3, -0.25) is 0 Å². The number of benzene rings is 1. The Balaban J connectivity index is 2.33. The first-order chi connectivity index (χ1) is 8.83. The second-order valence-electron chi connectivity index (χ2n) is 4.21. The van der Waals surface area contributed by atoms with Crippen LogP contribution in [0.15, 0.2) is 47.1 Å². The van der Waals surface area contributed by atoms with E-state index in [1.54, 1.807) is 6.26 Å². The van der Waals surface area contributed by atoms with Gasteiger partial charge in [0.05, 0.1) is 11.8 Å². The average Bonchev–Trinajstić information content (AvgIpc) is 2.84. The van der Waals surface area contributed by atoms with Crippen LogP contribution in [0.3, 0.4) is 0 Å². The summed E-state index contributed by atoms with van der Waals surface area (Å²) in [4.78, 5) is 8.80. The molecule has 0 bridgehead atoms. The van der Waals surface area contributed by atoms with Gasteiger partial charge in [0.1, 0.15) is 5.52 Å². The van der Waals surface area contributed by atoms with Crippen molar-refractivity contribution in [3.05, 3.63) is 42.7 Å². The molecule has 0 spiro atoms. The summed E-state index contributed by atoms with van der Waals surface area (Å²) in [5.74, 6) is 0.432. The summed E-state index contributed by atoms with van der Waals surface area (Å²) >= 11 is 0. The molecule has 0 radical (unpaired) electrons. The van der Waals surface area contributed by atoms with Crippen LogP contribution >= 0.6 is 0 Å². The second-order valence-corrected chi connectivity index (χ2v) is 4.21. The number of hydrogen-bond acceptors (Lipinski definition) is 4. The van der Waals surface area contributed by atoms with Crippen molar-refractivity contribution in [1.29, 1.82) is 0 Å². The number of fused-ring (bicyclic) bond motifs is 4. The number of nitrogen functional groups attached to an aromatic ring is 1. The number of para-hydroxylation sites is 1. The van der Waals surface area contributed by atoms with Gasteiger partial charge in [-0.1, -0.05) is 18.2 Å². The Kier molecular flexibility index (Phi) is 1.67. The summed E-state index contributed by atoms with van der Waals surface area (Å²) in [5, 5.41) is 3.03. The van der Waals surface area contributed by atoms with Crippen LogP contribution in [0.5, 0.6) is 0 Å². The van der Waals surface area contributed by atoms with Gasteiger partial charge < -0.3 is 10.2 Å². The molecule has 0 atom stereocenters. The Morgan fingerprint density at radius 3 is 2.83 bits per heavy atom. The van der Waals surface area contributed by atoms with E-state index in [4.69, 9.17) is 10.2 Å². The molecule has 3 heterocycles. The standard InChI is InChI=1S/C14H9N3O/c15-13-12-10(7-8-5-6-18-14(8)17-12)9-3-1-2-4-11(9)16-13/h1-7H,(H2,15,16). The van der Waals surface area contributed by atoms with Gasteiger partial charge in [-0.15, -0.1) is 0 Å². The lowest BCUT2D eigenvalue weighted by atomic mass is 10.1. The predicted octanol–water partition coefficient (Wildman–Crippen LogP) is 3.11. The first-order valence-electron chi connectivity index (χ1n) is 5.65. The number of nitrogens with zero attached hydrogens (tertiary/aromatic N) is 2. The highest BCUT2D eigenvalue weighted by Gasteiger charge is 2.09. The highest BCUT2D eigenvalue weighted by atomic mass is 16.3. The number of nitrogens with two attached hydrogens (primary N) is 1. The molecule has 0 unspecified atom stereocenters. The first kappa shape index (κ1) is 9.41. The third-order valence-corrected chi connectivity index (χ3v) is 3.12. The topological polar surface area (TPSA) is 64.9 Å². The molecular formula is C14H9N3O. The normalized spacial score (nSPS) is 11.6. The average molecular weight is 235 g/mol. The van der Waals surface area contributed by atoms with E-state index in [-0.39, 0.29) is 0 Å². The molecule has 0 saturated heterocycles. The van der Waals surface area contributed by atoms with E-state index in [9.17, 15) is 0 Å². The molecule has 18 heavy (non-hydrogen) atoms. The fourth-order valence-electron chi connectivity index (χ4n) is 2.28. The summed E-state index contributed by atoms with van der Waals surface area (Å²) in [6.07, 6.45) is 1.63. The monoisotopic (exact) mass is 235 g/mol. The van der Waals surface area contributed by atoms with Gasteiger partial charge in [0.15, 0.2) is 5.82 Å². The summed E-state index contributed by atoms with van der Waals surface area (Å²) in [7, 11) is 0. The molecule has 0 amide bonds. The molecule has 4 rings (SSSR count). The molecule has 2 N–H and O–H groups in total. The van der Waals surface area contributed by atoms with E-state index in [0.717, 1.165) is 21.7 Å². The molecule has 0 aliphatic rings. The molecular weight excluding hydrogens is 226 g/mol. The molecule has 0 aliphatic heterocycles. The maximum Gasteiger partial charge on any atom is 0.226 e. The third kappa shape index (κ3) is 1.14. The third-order valence-electron chi connectivity index (χ3n) is 3.12. The Labute approximate surface area is 102 Å². The Morgan fingerprint density at radius 2 is 1.89 bits per heavy atom. The van der Waals surface area contributed by atoms with Gasteiger partial charge in [-0.2, -0.15) is 0 Å². The maximum absolute atomic E-state index is 5.97. The van der Waals surface area contributed by atoms with Crippen LogP contribution in [0, 0.1) is 0 Å². The van der Waals surface area contributed by atoms with Crippen molar-refractivity contribution in [1.82, 2.24) is 9.97 Å². The number of aromatic nitrogens is 2. The zero-order valence-electron chi connectivity index (χ0n) is 9.42. The van der Waals surface area contributed by atoms with Gasteiger partial charge in [0, 0.05) is 16.2 Å². The number of furan rings is 1. The van der Waals surface area contributed by atoms with Crippen LogP contribution in [0.2, 0.25) is 0 Å². The Hall–Kier alpha value is -2.62. The molecule has 0 fully saturated rings. The number of pyridine rings is 2. The minimum Gasteiger partial charge on any atom is -0.446 e. The van der Waals surface area contributed by atoms with Gasteiger partial charge in [0.2, 0.25) is 5.71 Å². The van der Waals surface area contributed by atoms with E-state index in [1.165, 1.54) is 0 Å². The van der Waals surface area contributed by atoms with Crippen LogP contribution in [0.25, 0.3) is 32.9 Å². The Bertz CT molecular complexity index is 895. The van der Waals surface area contributed by atoms with Crippen molar-refractivity contribution in [3.63, 3.8) is 0 Å². The van der Waals surface area contributed by atoms with Crippen molar-refractivity contribution in [2.24, 2.45) is 0 Å². The molecule has 86 valence electrons. The van der Waals surface area contributed by atoms with Crippen molar-refractivity contribution < 1.29 is 4.42 Å². The van der Waals surface area contributed by atoms with Gasteiger partial charge in [-0.25, -0.2) is 9.97 Å². The van der Waals surface area contributed by atoms with E-state index in [2.05, 4.69) is 9.97 Å².